The smallest absolute Gasteiger partial charge is 0.332 e. The molecule has 3 heterocycles. The van der Waals surface area contributed by atoms with Gasteiger partial charge < -0.3 is 4.42 Å². The van der Waals surface area contributed by atoms with Crippen LogP contribution >= 0.6 is 23.2 Å². The van der Waals surface area contributed by atoms with Crippen molar-refractivity contribution in [2.45, 2.75) is 0 Å². The summed E-state index contributed by atoms with van der Waals surface area (Å²) >= 11 is 12.0. The second kappa shape index (κ2) is 5.83. The molecule has 0 aliphatic rings. The number of halogens is 2. The van der Waals surface area contributed by atoms with Crippen molar-refractivity contribution in [1.29, 1.82) is 0 Å². The molecule has 0 radical (unpaired) electrons. The molecule has 8 nitrogen and oxygen atoms in total. The van der Waals surface area contributed by atoms with Gasteiger partial charge in [-0.15, -0.1) is 0 Å². The van der Waals surface area contributed by atoms with E-state index in [0.717, 1.165) is 4.57 Å². The molecule has 0 amide bonds. The zero-order chi connectivity index (χ0) is 19.6. The number of aryl methyl sites for hydroxylation is 2. The number of fused-ring (bicyclic) bond motifs is 3. The van der Waals surface area contributed by atoms with Gasteiger partial charge in [0.1, 0.15) is 11.0 Å². The van der Waals surface area contributed by atoms with E-state index in [0.29, 0.717) is 15.6 Å². The van der Waals surface area contributed by atoms with Crippen LogP contribution in [0.25, 0.3) is 33.6 Å². The molecule has 138 valence electrons. The highest BCUT2D eigenvalue weighted by Crippen LogP contribution is 2.30. The van der Waals surface area contributed by atoms with Crippen molar-refractivity contribution >= 4 is 45.3 Å². The molecule has 10 heteroatoms. The van der Waals surface area contributed by atoms with Crippen molar-refractivity contribution in [3.63, 3.8) is 0 Å². The van der Waals surface area contributed by atoms with E-state index in [-0.39, 0.29) is 28.0 Å². The van der Waals surface area contributed by atoms with Crippen LogP contribution in [0.3, 0.4) is 0 Å². The number of oxazole rings is 1. The van der Waals surface area contributed by atoms with E-state index in [1.54, 1.807) is 18.2 Å². The minimum Gasteiger partial charge on any atom is -0.435 e. The van der Waals surface area contributed by atoms with Gasteiger partial charge in [0, 0.05) is 26.7 Å². The summed E-state index contributed by atoms with van der Waals surface area (Å²) in [6.45, 7) is 0. The maximum atomic E-state index is 12.7. The third-order valence-electron chi connectivity index (χ3n) is 4.48. The Bertz CT molecular complexity index is 1440. The molecule has 1 aromatic carbocycles. The van der Waals surface area contributed by atoms with Crippen LogP contribution in [0.5, 0.6) is 0 Å². The minimum atomic E-state index is -0.578. The van der Waals surface area contributed by atoms with Gasteiger partial charge in [-0.1, -0.05) is 23.2 Å². The third kappa shape index (κ3) is 2.37. The predicted octanol–water partition coefficient (Wildman–Crippen LogP) is 2.05. The molecule has 4 aromatic rings. The number of nitrogens with zero attached hydrogens (tertiary/aromatic N) is 4. The largest absolute Gasteiger partial charge is 0.435 e. The zero-order valence-corrected chi connectivity index (χ0v) is 15.9. The molecular formula is C17H12Cl2N4O4. The quantitative estimate of drug-likeness (QED) is 0.482. The standard InChI is InChI=1S/C17H12Cl2N4O4/c1-21-14-10(15(24)23(3)17(26)22(14)2)12-11(16(21)25)20-13(27-12)7-4-5-8(18)9(19)6-7/h4-6H,1-3H3. The molecule has 0 aliphatic heterocycles. The molecule has 3 aromatic heterocycles. The number of benzene rings is 1. The van der Waals surface area contributed by atoms with E-state index in [1.165, 1.54) is 30.3 Å². The molecule has 0 spiro atoms. The molecule has 0 saturated carbocycles. The van der Waals surface area contributed by atoms with Crippen LogP contribution in [-0.4, -0.2) is 18.7 Å². The summed E-state index contributed by atoms with van der Waals surface area (Å²) in [5.41, 5.74) is -0.963. The van der Waals surface area contributed by atoms with Gasteiger partial charge >= 0.3 is 5.69 Å². The normalized spacial score (nSPS) is 11.6. The highest BCUT2D eigenvalue weighted by Gasteiger charge is 2.22. The number of pyridine rings is 1. The van der Waals surface area contributed by atoms with Gasteiger partial charge in [0.15, 0.2) is 11.1 Å². The van der Waals surface area contributed by atoms with E-state index in [4.69, 9.17) is 27.6 Å². The molecule has 0 saturated heterocycles. The van der Waals surface area contributed by atoms with Crippen LogP contribution in [0.1, 0.15) is 0 Å². The van der Waals surface area contributed by atoms with Crippen LogP contribution in [-0.2, 0) is 21.1 Å². The van der Waals surface area contributed by atoms with E-state index >= 15 is 0 Å². The van der Waals surface area contributed by atoms with Crippen molar-refractivity contribution in [3.05, 3.63) is 59.4 Å². The van der Waals surface area contributed by atoms with Crippen molar-refractivity contribution in [3.8, 4) is 11.5 Å². The first-order valence-electron chi connectivity index (χ1n) is 7.77. The fourth-order valence-electron chi connectivity index (χ4n) is 3.07. The number of hydrogen-bond acceptors (Lipinski definition) is 5. The van der Waals surface area contributed by atoms with E-state index < -0.39 is 16.8 Å². The summed E-state index contributed by atoms with van der Waals surface area (Å²) in [5, 5.41) is 0.754. The SMILES string of the molecule is Cn1c(=O)c2c3oc(-c4ccc(Cl)c(Cl)c4)nc3c(=O)n(C)c2n(C)c1=O. The Hall–Kier alpha value is -2.84. The Balaban J connectivity index is 2.22. The maximum absolute atomic E-state index is 12.7. The molecule has 0 N–H and O–H groups in total. The summed E-state index contributed by atoms with van der Waals surface area (Å²) in [6.07, 6.45) is 0. The zero-order valence-electron chi connectivity index (χ0n) is 14.4. The number of rotatable bonds is 1. The highest BCUT2D eigenvalue weighted by molar-refractivity contribution is 6.42. The summed E-state index contributed by atoms with van der Waals surface area (Å²) in [6, 6.07) is 4.77. The van der Waals surface area contributed by atoms with E-state index in [1.807, 2.05) is 0 Å². The monoisotopic (exact) mass is 406 g/mol. The van der Waals surface area contributed by atoms with Crippen LogP contribution in [0.15, 0.2) is 37.0 Å². The predicted molar refractivity (Wildman–Crippen MR) is 103 cm³/mol. The summed E-state index contributed by atoms with van der Waals surface area (Å²) in [5.74, 6) is 0.115. The Morgan fingerprint density at radius 3 is 2.30 bits per heavy atom. The molecule has 4 rings (SSSR count). The molecule has 0 aliphatic carbocycles. The molecule has 0 unspecified atom stereocenters. The van der Waals surface area contributed by atoms with Gasteiger partial charge in [0.05, 0.1) is 10.0 Å². The lowest BCUT2D eigenvalue weighted by molar-refractivity contribution is 0.619. The first kappa shape index (κ1) is 17.6. The second-order valence-electron chi connectivity index (χ2n) is 6.09. The minimum absolute atomic E-state index is 0.0122. The fraction of sp³-hybridized carbons (Fsp3) is 0.176. The van der Waals surface area contributed by atoms with Gasteiger partial charge in [-0.3, -0.25) is 23.3 Å². The number of aromatic nitrogens is 4. The second-order valence-corrected chi connectivity index (χ2v) is 6.91. The van der Waals surface area contributed by atoms with Crippen molar-refractivity contribution in [1.82, 2.24) is 18.7 Å². The van der Waals surface area contributed by atoms with Crippen LogP contribution in [0.2, 0.25) is 10.0 Å². The lowest BCUT2D eigenvalue weighted by atomic mass is 10.2. The Morgan fingerprint density at radius 2 is 1.63 bits per heavy atom. The Kier molecular flexibility index (Phi) is 3.79. The van der Waals surface area contributed by atoms with Gasteiger partial charge in [0.25, 0.3) is 11.1 Å². The highest BCUT2D eigenvalue weighted by atomic mass is 35.5. The van der Waals surface area contributed by atoms with Crippen molar-refractivity contribution in [2.75, 3.05) is 0 Å². The Labute approximate surface area is 160 Å². The first-order valence-corrected chi connectivity index (χ1v) is 8.52. The van der Waals surface area contributed by atoms with Crippen LogP contribution < -0.4 is 16.8 Å². The van der Waals surface area contributed by atoms with Gasteiger partial charge in [0.2, 0.25) is 5.89 Å². The van der Waals surface area contributed by atoms with E-state index in [2.05, 4.69) is 4.98 Å². The average molecular weight is 407 g/mol. The third-order valence-corrected chi connectivity index (χ3v) is 5.22. The van der Waals surface area contributed by atoms with Crippen molar-refractivity contribution < 1.29 is 4.42 Å². The summed E-state index contributed by atoms with van der Waals surface area (Å²) in [4.78, 5) is 42.0. The Morgan fingerprint density at radius 1 is 0.926 bits per heavy atom. The maximum Gasteiger partial charge on any atom is 0.332 e. The molecule has 0 atom stereocenters. The molecular weight excluding hydrogens is 395 g/mol. The van der Waals surface area contributed by atoms with Crippen molar-refractivity contribution in [2.24, 2.45) is 21.1 Å². The van der Waals surface area contributed by atoms with Crippen LogP contribution in [0, 0.1) is 0 Å². The molecule has 27 heavy (non-hydrogen) atoms. The fourth-order valence-corrected chi connectivity index (χ4v) is 3.37. The first-order chi connectivity index (χ1) is 12.7. The van der Waals surface area contributed by atoms with Gasteiger partial charge in [-0.2, -0.15) is 0 Å². The topological polar surface area (TPSA) is 92.0 Å². The lowest BCUT2D eigenvalue weighted by Crippen LogP contribution is -2.39. The summed E-state index contributed by atoms with van der Waals surface area (Å²) in [7, 11) is 4.30. The number of hydrogen-bond donors (Lipinski definition) is 0. The average Bonchev–Trinajstić information content (AvgIpc) is 3.08. The molecule has 0 bridgehead atoms. The van der Waals surface area contributed by atoms with Crippen LogP contribution in [0.4, 0.5) is 0 Å². The summed E-state index contributed by atoms with van der Waals surface area (Å²) < 4.78 is 9.16. The lowest BCUT2D eigenvalue weighted by Gasteiger charge is -2.10. The van der Waals surface area contributed by atoms with Gasteiger partial charge in [-0.25, -0.2) is 9.78 Å². The molecule has 0 fully saturated rings. The van der Waals surface area contributed by atoms with E-state index in [9.17, 15) is 14.4 Å². The van der Waals surface area contributed by atoms with Gasteiger partial charge in [-0.05, 0) is 18.2 Å².